The molecule has 2 rings (SSSR count). The van der Waals surface area contributed by atoms with Crippen LogP contribution in [0.25, 0.3) is 0 Å². The molecule has 1 aromatic carbocycles. The van der Waals surface area contributed by atoms with Gasteiger partial charge in [-0.05, 0) is 31.7 Å². The molecule has 0 saturated carbocycles. The Morgan fingerprint density at radius 3 is 2.57 bits per heavy atom. The summed E-state index contributed by atoms with van der Waals surface area (Å²) >= 11 is 0. The van der Waals surface area contributed by atoms with Crippen molar-refractivity contribution in [1.82, 2.24) is 10.3 Å². The highest BCUT2D eigenvalue weighted by atomic mass is 16.5. The van der Waals surface area contributed by atoms with Crippen LogP contribution in [-0.2, 0) is 0 Å². The Kier molecular flexibility index (Phi) is 5.58. The predicted octanol–water partition coefficient (Wildman–Crippen LogP) is 3.19. The third kappa shape index (κ3) is 3.52. The van der Waals surface area contributed by atoms with Gasteiger partial charge < -0.3 is 14.8 Å². The zero-order valence-electron chi connectivity index (χ0n) is 12.8. The lowest BCUT2D eigenvalue weighted by Crippen LogP contribution is -2.24. The van der Waals surface area contributed by atoms with Crippen LogP contribution in [0, 0.1) is 0 Å². The van der Waals surface area contributed by atoms with Crippen molar-refractivity contribution in [3.8, 4) is 11.5 Å². The molecule has 21 heavy (non-hydrogen) atoms. The van der Waals surface area contributed by atoms with Gasteiger partial charge in [-0.15, -0.1) is 0 Å². The fraction of sp³-hybridized carbons (Fsp3) is 0.353. The first-order chi connectivity index (χ1) is 10.3. The molecule has 0 aliphatic carbocycles. The number of aromatic nitrogens is 1. The zero-order chi connectivity index (χ0) is 15.1. The molecule has 1 aromatic heterocycles. The third-order valence-corrected chi connectivity index (χ3v) is 3.23. The minimum Gasteiger partial charge on any atom is -0.495 e. The number of hydrogen-bond acceptors (Lipinski definition) is 4. The highest BCUT2D eigenvalue weighted by Crippen LogP contribution is 2.33. The second kappa shape index (κ2) is 7.64. The van der Waals surface area contributed by atoms with Crippen molar-refractivity contribution in [3.63, 3.8) is 0 Å². The molecule has 0 saturated heterocycles. The topological polar surface area (TPSA) is 43.4 Å². The highest BCUT2D eigenvalue weighted by Gasteiger charge is 2.21. The lowest BCUT2D eigenvalue weighted by atomic mass is 10.0. The summed E-state index contributed by atoms with van der Waals surface area (Å²) in [6.07, 6.45) is 1.78. The molecule has 0 bridgehead atoms. The number of ether oxygens (including phenoxy) is 2. The third-order valence-electron chi connectivity index (χ3n) is 3.23. The van der Waals surface area contributed by atoms with E-state index in [0.717, 1.165) is 29.3 Å². The van der Waals surface area contributed by atoms with Crippen LogP contribution in [0.4, 0.5) is 0 Å². The Hall–Kier alpha value is -2.07. The van der Waals surface area contributed by atoms with Gasteiger partial charge in [-0.2, -0.15) is 0 Å². The van der Waals surface area contributed by atoms with E-state index in [1.807, 2.05) is 37.3 Å². The van der Waals surface area contributed by atoms with E-state index in [1.165, 1.54) is 0 Å². The zero-order valence-corrected chi connectivity index (χ0v) is 12.8. The monoisotopic (exact) mass is 286 g/mol. The van der Waals surface area contributed by atoms with Gasteiger partial charge >= 0.3 is 0 Å². The van der Waals surface area contributed by atoms with Gasteiger partial charge in [0.25, 0.3) is 0 Å². The lowest BCUT2D eigenvalue weighted by Gasteiger charge is -2.22. The standard InChI is InChI=1S/C17H22N2O2/c1-4-18-16(17-15(20-3)11-8-12-19-17)13-9-6-7-10-14(13)21-5-2/h6-12,16,18H,4-5H2,1-3H3. The average Bonchev–Trinajstić information content (AvgIpc) is 2.54. The van der Waals surface area contributed by atoms with Crippen molar-refractivity contribution in [1.29, 1.82) is 0 Å². The maximum absolute atomic E-state index is 5.75. The molecule has 0 radical (unpaired) electrons. The van der Waals surface area contributed by atoms with E-state index in [0.29, 0.717) is 6.61 Å². The summed E-state index contributed by atoms with van der Waals surface area (Å²) in [6, 6.07) is 11.8. The van der Waals surface area contributed by atoms with E-state index >= 15 is 0 Å². The van der Waals surface area contributed by atoms with Crippen molar-refractivity contribution in [2.24, 2.45) is 0 Å². The Morgan fingerprint density at radius 2 is 1.86 bits per heavy atom. The maximum atomic E-state index is 5.75. The van der Waals surface area contributed by atoms with Gasteiger partial charge in [-0.25, -0.2) is 0 Å². The van der Waals surface area contributed by atoms with E-state index in [-0.39, 0.29) is 6.04 Å². The maximum Gasteiger partial charge on any atom is 0.142 e. The number of nitrogens with zero attached hydrogens (tertiary/aromatic N) is 1. The second-order valence-corrected chi connectivity index (χ2v) is 4.55. The molecular weight excluding hydrogens is 264 g/mol. The van der Waals surface area contributed by atoms with Crippen LogP contribution in [0.5, 0.6) is 11.5 Å². The molecule has 4 nitrogen and oxygen atoms in total. The van der Waals surface area contributed by atoms with Gasteiger partial charge in [0.15, 0.2) is 0 Å². The van der Waals surface area contributed by atoms with Gasteiger partial charge in [0, 0.05) is 11.8 Å². The molecule has 1 unspecified atom stereocenters. The first-order valence-electron chi connectivity index (χ1n) is 7.25. The smallest absolute Gasteiger partial charge is 0.142 e. The second-order valence-electron chi connectivity index (χ2n) is 4.55. The fourth-order valence-electron chi connectivity index (χ4n) is 2.36. The van der Waals surface area contributed by atoms with E-state index < -0.39 is 0 Å². The van der Waals surface area contributed by atoms with Crippen LogP contribution >= 0.6 is 0 Å². The van der Waals surface area contributed by atoms with Crippen molar-refractivity contribution in [2.45, 2.75) is 19.9 Å². The van der Waals surface area contributed by atoms with Crippen LogP contribution in [-0.4, -0.2) is 25.2 Å². The number of pyridine rings is 1. The summed E-state index contributed by atoms with van der Waals surface area (Å²) in [6.45, 7) is 5.52. The van der Waals surface area contributed by atoms with Crippen molar-refractivity contribution in [2.75, 3.05) is 20.3 Å². The lowest BCUT2D eigenvalue weighted by molar-refractivity contribution is 0.332. The van der Waals surface area contributed by atoms with Crippen LogP contribution in [0.1, 0.15) is 31.1 Å². The van der Waals surface area contributed by atoms with Crippen molar-refractivity contribution >= 4 is 0 Å². The number of methoxy groups -OCH3 is 1. The summed E-state index contributed by atoms with van der Waals surface area (Å²) in [4.78, 5) is 4.50. The van der Waals surface area contributed by atoms with E-state index in [1.54, 1.807) is 13.3 Å². The van der Waals surface area contributed by atoms with E-state index in [4.69, 9.17) is 9.47 Å². The first kappa shape index (κ1) is 15.3. The summed E-state index contributed by atoms with van der Waals surface area (Å²) < 4.78 is 11.2. The summed E-state index contributed by atoms with van der Waals surface area (Å²) in [5.41, 5.74) is 1.94. The van der Waals surface area contributed by atoms with E-state index in [2.05, 4.69) is 23.3 Å². The Bertz CT molecular complexity index is 572. The minimum absolute atomic E-state index is 0.0612. The Labute approximate surface area is 126 Å². The normalized spacial score (nSPS) is 12.0. The van der Waals surface area contributed by atoms with Gasteiger partial charge in [-0.1, -0.05) is 25.1 Å². The van der Waals surface area contributed by atoms with Crippen LogP contribution in [0.2, 0.25) is 0 Å². The molecule has 0 spiro atoms. The van der Waals surface area contributed by atoms with Gasteiger partial charge in [0.2, 0.25) is 0 Å². The highest BCUT2D eigenvalue weighted by molar-refractivity contribution is 5.43. The largest absolute Gasteiger partial charge is 0.495 e. The molecule has 1 N–H and O–H groups in total. The van der Waals surface area contributed by atoms with Crippen molar-refractivity contribution < 1.29 is 9.47 Å². The summed E-state index contributed by atoms with van der Waals surface area (Å²) in [5.74, 6) is 1.65. The van der Waals surface area contributed by atoms with Gasteiger partial charge in [0.05, 0.1) is 19.8 Å². The number of benzene rings is 1. The molecule has 112 valence electrons. The molecule has 0 amide bonds. The Morgan fingerprint density at radius 1 is 1.10 bits per heavy atom. The minimum atomic E-state index is -0.0612. The molecular formula is C17H22N2O2. The van der Waals surface area contributed by atoms with Crippen molar-refractivity contribution in [3.05, 3.63) is 53.9 Å². The first-order valence-corrected chi connectivity index (χ1v) is 7.25. The SMILES string of the molecule is CCNC(c1ccccc1OCC)c1ncccc1OC. The molecule has 1 heterocycles. The quantitative estimate of drug-likeness (QED) is 0.849. The number of hydrogen-bond donors (Lipinski definition) is 1. The molecule has 0 aliphatic heterocycles. The molecule has 4 heteroatoms. The molecule has 1 atom stereocenters. The van der Waals surface area contributed by atoms with Gasteiger partial charge in [0.1, 0.15) is 17.2 Å². The molecule has 2 aromatic rings. The van der Waals surface area contributed by atoms with Crippen LogP contribution in [0.15, 0.2) is 42.6 Å². The molecule has 0 aliphatic rings. The van der Waals surface area contributed by atoms with Crippen LogP contribution in [0.3, 0.4) is 0 Å². The van der Waals surface area contributed by atoms with Gasteiger partial charge in [-0.3, -0.25) is 4.98 Å². The summed E-state index contributed by atoms with van der Waals surface area (Å²) in [7, 11) is 1.66. The number of nitrogens with one attached hydrogen (secondary N) is 1. The fourth-order valence-corrected chi connectivity index (χ4v) is 2.36. The van der Waals surface area contributed by atoms with Crippen LogP contribution < -0.4 is 14.8 Å². The summed E-state index contributed by atoms with van der Waals surface area (Å²) in [5, 5.41) is 3.47. The number of rotatable bonds is 7. The van der Waals surface area contributed by atoms with E-state index in [9.17, 15) is 0 Å². The average molecular weight is 286 g/mol. The molecule has 0 fully saturated rings. The Balaban J connectivity index is 2.48. The predicted molar refractivity (Wildman–Crippen MR) is 83.9 cm³/mol. The number of para-hydroxylation sites is 1.